The Morgan fingerprint density at radius 2 is 2.00 bits per heavy atom. The number of nitrogens with two attached hydrogens (primary N) is 1. The Balaban J connectivity index is 0.00000361. The Bertz CT molecular complexity index is 563. The third kappa shape index (κ3) is 5.04. The second-order valence-corrected chi connectivity index (χ2v) is 5.87. The first-order chi connectivity index (χ1) is 8.88. The summed E-state index contributed by atoms with van der Waals surface area (Å²) >= 11 is 0. The van der Waals surface area contributed by atoms with Crippen molar-refractivity contribution >= 4 is 28.1 Å². The van der Waals surface area contributed by atoms with Crippen LogP contribution < -0.4 is 10.5 Å². The van der Waals surface area contributed by atoms with Gasteiger partial charge in [0.1, 0.15) is 0 Å². The molecule has 1 rings (SSSR count). The van der Waals surface area contributed by atoms with Gasteiger partial charge in [-0.15, -0.1) is 12.4 Å². The molecule has 1 aromatic carbocycles. The minimum absolute atomic E-state index is 0. The number of unbranched alkanes of at least 4 members (excludes halogenated alkanes) is 1. The molecule has 0 bridgehead atoms. The maximum atomic E-state index is 11.9. The molecule has 0 heterocycles. The molecule has 7 nitrogen and oxygen atoms in total. The Morgan fingerprint density at radius 1 is 1.35 bits per heavy atom. The highest BCUT2D eigenvalue weighted by Crippen LogP contribution is 2.21. The van der Waals surface area contributed by atoms with Crippen LogP contribution in [0.5, 0.6) is 0 Å². The SMILES string of the molecule is Cc1ccc(S(=O)(=O)NCCCCN)cc1[N+](=O)[O-].Cl. The van der Waals surface area contributed by atoms with Crippen LogP contribution in [0.4, 0.5) is 5.69 Å². The number of rotatable bonds is 7. The molecule has 0 radical (unpaired) electrons. The third-order valence-electron chi connectivity index (χ3n) is 2.61. The van der Waals surface area contributed by atoms with Crippen LogP contribution in [-0.2, 0) is 10.0 Å². The van der Waals surface area contributed by atoms with Crippen molar-refractivity contribution in [2.45, 2.75) is 24.7 Å². The zero-order chi connectivity index (χ0) is 14.5. The van der Waals surface area contributed by atoms with Crippen molar-refractivity contribution in [1.29, 1.82) is 0 Å². The molecule has 0 saturated heterocycles. The molecular formula is C11H18ClN3O4S. The summed E-state index contributed by atoms with van der Waals surface area (Å²) in [6, 6.07) is 3.85. The van der Waals surface area contributed by atoms with Gasteiger partial charge in [-0.3, -0.25) is 10.1 Å². The standard InChI is InChI=1S/C11H17N3O4S.ClH/c1-9-4-5-10(8-11(9)14(15)16)19(17,18)13-7-3-2-6-12;/h4-5,8,13H,2-3,6-7,12H2,1H3;1H. The van der Waals surface area contributed by atoms with E-state index in [0.717, 1.165) is 12.5 Å². The smallest absolute Gasteiger partial charge is 0.273 e. The Labute approximate surface area is 124 Å². The molecule has 114 valence electrons. The number of sulfonamides is 1. The van der Waals surface area contributed by atoms with Crippen LogP contribution in [0.15, 0.2) is 23.1 Å². The maximum Gasteiger partial charge on any atom is 0.273 e. The summed E-state index contributed by atoms with van der Waals surface area (Å²) in [7, 11) is -3.71. The van der Waals surface area contributed by atoms with E-state index in [9.17, 15) is 18.5 Å². The highest BCUT2D eigenvalue weighted by atomic mass is 35.5. The molecule has 0 saturated carbocycles. The molecule has 20 heavy (non-hydrogen) atoms. The van der Waals surface area contributed by atoms with Crippen molar-refractivity contribution in [3.8, 4) is 0 Å². The number of hydrogen-bond acceptors (Lipinski definition) is 5. The van der Waals surface area contributed by atoms with Crippen molar-refractivity contribution in [3.63, 3.8) is 0 Å². The van der Waals surface area contributed by atoms with Crippen LogP contribution in [-0.4, -0.2) is 26.4 Å². The maximum absolute atomic E-state index is 11.9. The van der Waals surface area contributed by atoms with E-state index < -0.39 is 14.9 Å². The largest absolute Gasteiger partial charge is 0.330 e. The van der Waals surface area contributed by atoms with E-state index in [0.29, 0.717) is 18.5 Å². The van der Waals surface area contributed by atoms with Gasteiger partial charge in [-0.1, -0.05) is 6.07 Å². The summed E-state index contributed by atoms with van der Waals surface area (Å²) in [5, 5.41) is 10.8. The Hall–Kier alpha value is -1.22. The van der Waals surface area contributed by atoms with Crippen molar-refractivity contribution in [3.05, 3.63) is 33.9 Å². The van der Waals surface area contributed by atoms with Crippen molar-refractivity contribution < 1.29 is 13.3 Å². The van der Waals surface area contributed by atoms with Gasteiger partial charge in [-0.05, 0) is 32.4 Å². The number of benzene rings is 1. The fourth-order valence-electron chi connectivity index (χ4n) is 1.51. The Kier molecular flexibility index (Phi) is 7.66. The zero-order valence-electron chi connectivity index (χ0n) is 11.0. The monoisotopic (exact) mass is 323 g/mol. The molecular weight excluding hydrogens is 306 g/mol. The number of nitro benzene ring substituents is 1. The van der Waals surface area contributed by atoms with Crippen LogP contribution in [0.1, 0.15) is 18.4 Å². The fourth-order valence-corrected chi connectivity index (χ4v) is 2.61. The average molecular weight is 324 g/mol. The fraction of sp³-hybridized carbons (Fsp3) is 0.455. The first-order valence-electron chi connectivity index (χ1n) is 5.83. The van der Waals surface area contributed by atoms with Crippen molar-refractivity contribution in [2.24, 2.45) is 5.73 Å². The molecule has 0 aromatic heterocycles. The normalized spacial score (nSPS) is 10.9. The summed E-state index contributed by atoms with van der Waals surface area (Å²) in [5.41, 5.74) is 5.53. The molecule has 1 aromatic rings. The molecule has 0 fully saturated rings. The molecule has 0 aliphatic rings. The molecule has 0 amide bonds. The van der Waals surface area contributed by atoms with Gasteiger partial charge in [-0.2, -0.15) is 0 Å². The van der Waals surface area contributed by atoms with Crippen molar-refractivity contribution in [2.75, 3.05) is 13.1 Å². The predicted octanol–water partition coefficient (Wildman–Crippen LogP) is 1.34. The number of halogens is 1. The minimum Gasteiger partial charge on any atom is -0.330 e. The second kappa shape index (κ2) is 8.15. The predicted molar refractivity (Wildman–Crippen MR) is 78.6 cm³/mol. The lowest BCUT2D eigenvalue weighted by atomic mass is 10.2. The topological polar surface area (TPSA) is 115 Å². The molecule has 0 aliphatic heterocycles. The van der Waals surface area contributed by atoms with Gasteiger partial charge in [-0.25, -0.2) is 13.1 Å². The first-order valence-corrected chi connectivity index (χ1v) is 7.31. The van der Waals surface area contributed by atoms with Gasteiger partial charge < -0.3 is 5.73 Å². The van der Waals surface area contributed by atoms with Crippen LogP contribution in [0.25, 0.3) is 0 Å². The number of nitrogens with one attached hydrogen (secondary N) is 1. The highest BCUT2D eigenvalue weighted by Gasteiger charge is 2.19. The van der Waals surface area contributed by atoms with Crippen LogP contribution in [0.3, 0.4) is 0 Å². The molecule has 0 atom stereocenters. The summed E-state index contributed by atoms with van der Waals surface area (Å²) < 4.78 is 26.2. The van der Waals surface area contributed by atoms with Crippen LogP contribution in [0.2, 0.25) is 0 Å². The number of nitrogens with zero attached hydrogens (tertiary/aromatic N) is 1. The van der Waals surface area contributed by atoms with Gasteiger partial charge in [0.2, 0.25) is 10.0 Å². The van der Waals surface area contributed by atoms with E-state index in [4.69, 9.17) is 5.73 Å². The quantitative estimate of drug-likeness (QED) is 0.446. The lowest BCUT2D eigenvalue weighted by Crippen LogP contribution is -2.25. The summed E-state index contributed by atoms with van der Waals surface area (Å²) in [5.74, 6) is 0. The number of nitro groups is 1. The summed E-state index contributed by atoms with van der Waals surface area (Å²) in [6.45, 7) is 2.32. The Morgan fingerprint density at radius 3 is 2.55 bits per heavy atom. The van der Waals surface area contributed by atoms with E-state index in [1.54, 1.807) is 6.92 Å². The van der Waals surface area contributed by atoms with E-state index in [1.807, 2.05) is 0 Å². The molecule has 0 spiro atoms. The molecule has 0 unspecified atom stereocenters. The third-order valence-corrected chi connectivity index (χ3v) is 4.07. The van der Waals surface area contributed by atoms with E-state index in [-0.39, 0.29) is 29.5 Å². The zero-order valence-corrected chi connectivity index (χ0v) is 12.7. The van der Waals surface area contributed by atoms with Gasteiger partial charge in [0.15, 0.2) is 0 Å². The minimum atomic E-state index is -3.71. The molecule has 3 N–H and O–H groups in total. The van der Waals surface area contributed by atoms with Gasteiger partial charge >= 0.3 is 0 Å². The number of aryl methyl sites for hydroxylation is 1. The lowest BCUT2D eigenvalue weighted by molar-refractivity contribution is -0.385. The summed E-state index contributed by atoms with van der Waals surface area (Å²) in [6.07, 6.45) is 1.35. The van der Waals surface area contributed by atoms with E-state index >= 15 is 0 Å². The second-order valence-electron chi connectivity index (χ2n) is 4.10. The van der Waals surface area contributed by atoms with E-state index in [1.165, 1.54) is 12.1 Å². The van der Waals surface area contributed by atoms with Gasteiger partial charge in [0.05, 0.1) is 9.82 Å². The van der Waals surface area contributed by atoms with Gasteiger partial charge in [0.25, 0.3) is 5.69 Å². The number of hydrogen-bond donors (Lipinski definition) is 2. The van der Waals surface area contributed by atoms with Crippen LogP contribution in [0, 0.1) is 17.0 Å². The van der Waals surface area contributed by atoms with Gasteiger partial charge in [0, 0.05) is 18.2 Å². The lowest BCUT2D eigenvalue weighted by Gasteiger charge is -2.07. The van der Waals surface area contributed by atoms with Crippen LogP contribution >= 0.6 is 12.4 Å². The summed E-state index contributed by atoms with van der Waals surface area (Å²) in [4.78, 5) is 10.1. The molecule has 0 aliphatic carbocycles. The molecule has 9 heteroatoms. The van der Waals surface area contributed by atoms with E-state index in [2.05, 4.69) is 4.72 Å². The average Bonchev–Trinajstić information content (AvgIpc) is 2.34. The highest BCUT2D eigenvalue weighted by molar-refractivity contribution is 7.89. The van der Waals surface area contributed by atoms with Crippen molar-refractivity contribution in [1.82, 2.24) is 4.72 Å². The first kappa shape index (κ1) is 18.8.